The first-order chi connectivity index (χ1) is 7.96. The van der Waals surface area contributed by atoms with Crippen molar-refractivity contribution in [2.75, 3.05) is 6.61 Å². The van der Waals surface area contributed by atoms with Crippen molar-refractivity contribution < 1.29 is 49.4 Å². The lowest BCUT2D eigenvalue weighted by molar-refractivity contribution is -0.431. The predicted octanol–water partition coefficient (Wildman–Crippen LogP) is 3.20. The van der Waals surface area contributed by atoms with Gasteiger partial charge in [0.15, 0.2) is 0 Å². The van der Waals surface area contributed by atoms with Gasteiger partial charge in [0.2, 0.25) is 0 Å². The number of alkyl halides is 9. The fourth-order valence-electron chi connectivity index (χ4n) is 0.614. The minimum atomic E-state index is -6.68. The van der Waals surface area contributed by atoms with Crippen LogP contribution in [0.3, 0.4) is 0 Å². The van der Waals surface area contributed by atoms with Gasteiger partial charge >= 0.3 is 18.2 Å². The number of hydrogen-bond donors (Lipinski definition) is 1. The molecule has 0 unspecified atom stereocenters. The van der Waals surface area contributed by atoms with Crippen molar-refractivity contribution in [2.45, 2.75) is 43.6 Å². The minimum absolute atomic E-state index is 0.441. The highest BCUT2D eigenvalue weighted by Gasteiger charge is 2.75. The smallest absolute Gasteiger partial charge is 0.384 e. The van der Waals surface area contributed by atoms with Crippen LogP contribution in [0.4, 0.5) is 39.5 Å². The number of rotatable bonds is 5. The lowest BCUT2D eigenvalue weighted by Crippen LogP contribution is -2.56. The Kier molecular flexibility index (Phi) is 4.51. The van der Waals surface area contributed by atoms with Crippen LogP contribution >= 0.6 is 0 Å². The first kappa shape index (κ1) is 18.3. The van der Waals surface area contributed by atoms with Crippen molar-refractivity contribution in [3.8, 4) is 0 Å². The maximum Gasteiger partial charge on any atom is 0.462 e. The number of aliphatic hydroxyl groups is 1. The van der Waals surface area contributed by atoms with E-state index in [2.05, 4.69) is 4.74 Å². The van der Waals surface area contributed by atoms with Gasteiger partial charge in [-0.05, 0) is 13.8 Å². The Morgan fingerprint density at radius 2 is 1.21 bits per heavy atom. The second kappa shape index (κ2) is 4.69. The van der Waals surface area contributed by atoms with E-state index >= 15 is 0 Å². The summed E-state index contributed by atoms with van der Waals surface area (Å²) < 4.78 is 113. The maximum atomic E-state index is 12.9. The van der Waals surface area contributed by atoms with E-state index in [0.29, 0.717) is 13.8 Å². The Morgan fingerprint density at radius 3 is 1.47 bits per heavy atom. The van der Waals surface area contributed by atoms with Crippen molar-refractivity contribution in [1.29, 1.82) is 0 Å². The molecule has 0 saturated heterocycles. The van der Waals surface area contributed by atoms with Gasteiger partial charge in [0, 0.05) is 0 Å². The average molecular weight is 308 g/mol. The highest BCUT2D eigenvalue weighted by Crippen LogP contribution is 2.47. The summed E-state index contributed by atoms with van der Waals surface area (Å²) in [5.74, 6) is -11.1. The molecule has 0 saturated carbocycles. The molecule has 0 aromatic heterocycles. The Hall–Kier alpha value is -0.710. The zero-order valence-corrected chi connectivity index (χ0v) is 9.46. The quantitative estimate of drug-likeness (QED) is 0.790. The van der Waals surface area contributed by atoms with Crippen LogP contribution in [-0.4, -0.2) is 41.4 Å². The fourth-order valence-corrected chi connectivity index (χ4v) is 0.614. The van der Waals surface area contributed by atoms with Crippen LogP contribution in [0.1, 0.15) is 13.8 Å². The van der Waals surface area contributed by atoms with Crippen LogP contribution in [-0.2, 0) is 4.74 Å². The molecule has 19 heavy (non-hydrogen) atoms. The first-order valence-corrected chi connectivity index (χ1v) is 4.52. The summed E-state index contributed by atoms with van der Waals surface area (Å²) >= 11 is 0. The molecule has 0 atom stereocenters. The lowest BCUT2D eigenvalue weighted by atomic mass is 10.0. The summed E-state index contributed by atoms with van der Waals surface area (Å²) in [6.07, 6.45) is -12.9. The molecule has 1 N–H and O–H groups in total. The van der Waals surface area contributed by atoms with E-state index in [0.717, 1.165) is 0 Å². The molecule has 0 amide bonds. The van der Waals surface area contributed by atoms with Crippen molar-refractivity contribution >= 4 is 0 Å². The molecule has 116 valence electrons. The number of ether oxygens (including phenoxy) is 1. The molecular weight excluding hydrogens is 299 g/mol. The second-order valence-corrected chi connectivity index (χ2v) is 4.14. The van der Waals surface area contributed by atoms with Gasteiger partial charge in [-0.2, -0.15) is 30.7 Å². The van der Waals surface area contributed by atoms with E-state index in [4.69, 9.17) is 5.11 Å². The van der Waals surface area contributed by atoms with E-state index < -0.39 is 36.3 Å². The standard InChI is InChI=1S/C8H9F9O2/c1-4(2,18)5(9,10)3-19-8(16,17)6(11,12)7(13,14)15/h18H,3H2,1-2H3. The summed E-state index contributed by atoms with van der Waals surface area (Å²) in [5.41, 5.74) is -2.95. The SMILES string of the molecule is CC(C)(O)C(F)(F)COC(F)(F)C(F)(F)C(F)(F)F. The fraction of sp³-hybridized carbons (Fsp3) is 1.00. The van der Waals surface area contributed by atoms with Crippen LogP contribution in [0.2, 0.25) is 0 Å². The van der Waals surface area contributed by atoms with Gasteiger partial charge < -0.3 is 9.84 Å². The summed E-state index contributed by atoms with van der Waals surface area (Å²) in [7, 11) is 0. The van der Waals surface area contributed by atoms with Crippen molar-refractivity contribution in [2.24, 2.45) is 0 Å². The highest BCUT2D eigenvalue weighted by atomic mass is 19.4. The predicted molar refractivity (Wildman–Crippen MR) is 43.1 cm³/mol. The monoisotopic (exact) mass is 308 g/mol. The van der Waals surface area contributed by atoms with Gasteiger partial charge in [-0.1, -0.05) is 0 Å². The van der Waals surface area contributed by atoms with Gasteiger partial charge in [0.25, 0.3) is 5.92 Å². The molecule has 0 fully saturated rings. The second-order valence-electron chi connectivity index (χ2n) is 4.14. The Morgan fingerprint density at radius 1 is 0.842 bits per heavy atom. The Bertz CT molecular complexity index is 315. The molecule has 0 aliphatic rings. The molecule has 0 spiro atoms. The highest BCUT2D eigenvalue weighted by molar-refractivity contribution is 4.88. The third-order valence-electron chi connectivity index (χ3n) is 2.05. The number of hydrogen-bond acceptors (Lipinski definition) is 2. The maximum absolute atomic E-state index is 12.9. The van der Waals surface area contributed by atoms with Gasteiger partial charge in [-0.3, -0.25) is 0 Å². The molecule has 0 radical (unpaired) electrons. The van der Waals surface area contributed by atoms with E-state index in [1.54, 1.807) is 0 Å². The molecule has 0 heterocycles. The van der Waals surface area contributed by atoms with Crippen LogP contribution in [0.5, 0.6) is 0 Å². The minimum Gasteiger partial charge on any atom is -0.384 e. The number of halogens is 9. The topological polar surface area (TPSA) is 29.5 Å². The van der Waals surface area contributed by atoms with Gasteiger partial charge in [0.05, 0.1) is 0 Å². The van der Waals surface area contributed by atoms with E-state index in [9.17, 15) is 39.5 Å². The molecule has 0 aromatic rings. The zero-order chi connectivity index (χ0) is 15.9. The van der Waals surface area contributed by atoms with Crippen LogP contribution in [0.15, 0.2) is 0 Å². The normalized spacial score (nSPS) is 15.8. The molecule has 11 heteroatoms. The van der Waals surface area contributed by atoms with Gasteiger partial charge in [-0.15, -0.1) is 0 Å². The summed E-state index contributed by atoms with van der Waals surface area (Å²) in [6.45, 7) is -1.64. The average Bonchev–Trinajstić information content (AvgIpc) is 2.11. The summed E-state index contributed by atoms with van der Waals surface area (Å²) in [4.78, 5) is 0. The molecule has 2 nitrogen and oxygen atoms in total. The van der Waals surface area contributed by atoms with Crippen LogP contribution in [0, 0.1) is 0 Å². The zero-order valence-electron chi connectivity index (χ0n) is 9.46. The van der Waals surface area contributed by atoms with E-state index in [1.165, 1.54) is 0 Å². The van der Waals surface area contributed by atoms with Crippen LogP contribution in [0.25, 0.3) is 0 Å². The van der Waals surface area contributed by atoms with E-state index in [-0.39, 0.29) is 0 Å². The molecule has 0 aliphatic heterocycles. The largest absolute Gasteiger partial charge is 0.462 e. The van der Waals surface area contributed by atoms with Crippen LogP contribution < -0.4 is 0 Å². The summed E-state index contributed by atoms with van der Waals surface area (Å²) in [6, 6.07) is 0. The Labute approximate surface area is 101 Å². The first-order valence-electron chi connectivity index (χ1n) is 4.52. The van der Waals surface area contributed by atoms with Crippen molar-refractivity contribution in [3.63, 3.8) is 0 Å². The van der Waals surface area contributed by atoms with Crippen molar-refractivity contribution in [1.82, 2.24) is 0 Å². The molecule has 0 aliphatic carbocycles. The third kappa shape index (κ3) is 3.65. The molecule has 0 bridgehead atoms. The third-order valence-corrected chi connectivity index (χ3v) is 2.05. The molecule has 0 rings (SSSR count). The van der Waals surface area contributed by atoms with Gasteiger partial charge in [-0.25, -0.2) is 8.78 Å². The lowest BCUT2D eigenvalue weighted by Gasteiger charge is -2.32. The van der Waals surface area contributed by atoms with Crippen molar-refractivity contribution in [3.05, 3.63) is 0 Å². The molecule has 0 aromatic carbocycles. The Balaban J connectivity index is 5.01. The molecular formula is C8H9F9O2. The summed E-state index contributed by atoms with van der Waals surface area (Å²) in [5, 5.41) is 8.82. The van der Waals surface area contributed by atoms with E-state index in [1.807, 2.05) is 0 Å². The van der Waals surface area contributed by atoms with Gasteiger partial charge in [0.1, 0.15) is 12.2 Å².